The zero-order chi connectivity index (χ0) is 28.0. The molecule has 0 radical (unpaired) electrons. The van der Waals surface area contributed by atoms with Gasteiger partial charge in [0.1, 0.15) is 35.3 Å². The Morgan fingerprint density at radius 1 is 1.13 bits per heavy atom. The Morgan fingerprint density at radius 2 is 1.90 bits per heavy atom. The summed E-state index contributed by atoms with van der Waals surface area (Å²) in [4.78, 5) is 38.0. The minimum absolute atomic E-state index is 0.0528. The number of phenolic OH excluding ortho intramolecular Hbond substituents is 1. The number of nitrogens with one attached hydrogen (secondary N) is 1. The van der Waals surface area contributed by atoms with Crippen molar-refractivity contribution in [2.45, 2.75) is 25.8 Å². The number of primary amides is 1. The first kappa shape index (κ1) is 26.4. The molecular weight excluding hydrogens is 507 g/mol. The van der Waals surface area contributed by atoms with Gasteiger partial charge in [0.15, 0.2) is 11.6 Å². The number of methoxy groups -OCH3 is 1. The van der Waals surface area contributed by atoms with Crippen LogP contribution >= 0.6 is 0 Å². The van der Waals surface area contributed by atoms with Crippen LogP contribution in [0.2, 0.25) is 0 Å². The lowest BCUT2D eigenvalue weighted by atomic mass is 9.61. The van der Waals surface area contributed by atoms with Crippen LogP contribution in [0.15, 0.2) is 47.2 Å². The maximum absolute atomic E-state index is 13.6. The fourth-order valence-corrected chi connectivity index (χ4v) is 6.27. The van der Waals surface area contributed by atoms with Gasteiger partial charge in [-0.15, -0.1) is 0 Å². The van der Waals surface area contributed by atoms with Crippen LogP contribution in [0, 0.1) is 17.8 Å². The van der Waals surface area contributed by atoms with Crippen molar-refractivity contribution in [2.75, 3.05) is 20.3 Å². The molecule has 39 heavy (non-hydrogen) atoms. The van der Waals surface area contributed by atoms with Crippen molar-refractivity contribution in [3.63, 3.8) is 0 Å². The van der Waals surface area contributed by atoms with Crippen LogP contribution in [0.4, 0.5) is 4.39 Å². The molecule has 0 aliphatic heterocycles. The molecule has 3 atom stereocenters. The van der Waals surface area contributed by atoms with Crippen molar-refractivity contribution in [1.82, 2.24) is 5.32 Å². The number of phenols is 1. The van der Waals surface area contributed by atoms with Crippen LogP contribution in [-0.2, 0) is 27.3 Å². The number of nitrogens with two attached hydrogens (primary N) is 1. The molecule has 3 unspecified atom stereocenters. The average Bonchev–Trinajstić information content (AvgIpc) is 2.88. The first-order valence-electron chi connectivity index (χ1n) is 12.7. The maximum Gasteiger partial charge on any atom is 0.255 e. The largest absolute Gasteiger partial charge is 0.511 e. The predicted molar refractivity (Wildman–Crippen MR) is 140 cm³/mol. The number of benzene rings is 2. The lowest BCUT2D eigenvalue weighted by Gasteiger charge is -2.41. The average molecular weight is 537 g/mol. The number of fused-ring (bicyclic) bond motifs is 3. The van der Waals surface area contributed by atoms with E-state index in [1.165, 1.54) is 13.2 Å². The topological polar surface area (TPSA) is 159 Å². The number of aromatic hydroxyl groups is 1. The highest BCUT2D eigenvalue weighted by atomic mass is 19.1. The Morgan fingerprint density at radius 3 is 2.59 bits per heavy atom. The first-order chi connectivity index (χ1) is 18.7. The fourth-order valence-electron chi connectivity index (χ4n) is 6.27. The van der Waals surface area contributed by atoms with Gasteiger partial charge >= 0.3 is 0 Å². The van der Waals surface area contributed by atoms with E-state index in [0.717, 1.165) is 5.56 Å². The molecule has 1 saturated carbocycles. The Kier molecular flexibility index (Phi) is 6.90. The zero-order valence-corrected chi connectivity index (χ0v) is 21.3. The second-order valence-corrected chi connectivity index (χ2v) is 10.1. The summed E-state index contributed by atoms with van der Waals surface area (Å²) in [6.07, 6.45) is 0.462. The van der Waals surface area contributed by atoms with Crippen molar-refractivity contribution in [3.05, 3.63) is 63.9 Å². The van der Waals surface area contributed by atoms with Crippen LogP contribution in [0.3, 0.4) is 0 Å². The van der Waals surface area contributed by atoms with Gasteiger partial charge in [-0.25, -0.2) is 4.39 Å². The molecule has 6 N–H and O–H groups in total. The molecule has 0 heterocycles. The SMILES string of the molecule is COc1ccc(CNCCF)cc1-c1ccc(O)c2c1CC1CC3CC(=O)C(C(N)=O)=C(O)C3C(=O)C1=C2O. The number of hydrogen-bond donors (Lipinski definition) is 5. The molecule has 0 spiro atoms. The number of rotatable bonds is 7. The van der Waals surface area contributed by atoms with Crippen molar-refractivity contribution >= 4 is 23.2 Å². The Labute approximate surface area is 223 Å². The number of hydrogen-bond acceptors (Lipinski definition) is 8. The lowest BCUT2D eigenvalue weighted by Crippen LogP contribution is -2.44. The summed E-state index contributed by atoms with van der Waals surface area (Å²) < 4.78 is 18.2. The highest BCUT2D eigenvalue weighted by molar-refractivity contribution is 6.21. The summed E-state index contributed by atoms with van der Waals surface area (Å²) in [5, 5.41) is 35.9. The number of amides is 1. The van der Waals surface area contributed by atoms with Crippen molar-refractivity contribution < 1.29 is 38.8 Å². The number of allylic oxidation sites excluding steroid dienone is 2. The van der Waals surface area contributed by atoms with Gasteiger partial charge in [0.05, 0.1) is 18.6 Å². The monoisotopic (exact) mass is 536 g/mol. The fraction of sp³-hybridized carbons (Fsp3) is 0.345. The van der Waals surface area contributed by atoms with Gasteiger partial charge in [0.25, 0.3) is 5.91 Å². The number of aliphatic hydroxyl groups is 2. The highest BCUT2D eigenvalue weighted by Crippen LogP contribution is 2.52. The summed E-state index contributed by atoms with van der Waals surface area (Å²) in [5.74, 6) is -5.22. The summed E-state index contributed by atoms with van der Waals surface area (Å²) in [7, 11) is 1.53. The van der Waals surface area contributed by atoms with Gasteiger partial charge in [-0.3, -0.25) is 14.4 Å². The highest BCUT2D eigenvalue weighted by Gasteiger charge is 2.51. The van der Waals surface area contributed by atoms with Crippen molar-refractivity contribution in [1.29, 1.82) is 0 Å². The van der Waals surface area contributed by atoms with Crippen LogP contribution in [0.1, 0.15) is 29.5 Å². The van der Waals surface area contributed by atoms with E-state index in [2.05, 4.69) is 5.32 Å². The lowest BCUT2D eigenvalue weighted by molar-refractivity contribution is -0.127. The van der Waals surface area contributed by atoms with E-state index in [4.69, 9.17) is 10.5 Å². The first-order valence-corrected chi connectivity index (χ1v) is 12.7. The standard InChI is InChI=1S/C29H29FN2O7/c1-39-21-5-2-13(12-32-7-6-30)8-17(21)16-3-4-19(33)24-18(16)10-14-9-15-11-20(34)25(29(31)38)28(37)23(15)26(35)22(14)27(24)36/h2-5,8,14-15,23,32-33,36-37H,6-7,9-12H2,1H3,(H2,31,38). The number of ketones is 2. The third-order valence-corrected chi connectivity index (χ3v) is 7.93. The Balaban J connectivity index is 1.63. The zero-order valence-electron chi connectivity index (χ0n) is 21.3. The van der Waals surface area contributed by atoms with E-state index in [1.54, 1.807) is 12.1 Å². The minimum Gasteiger partial charge on any atom is -0.511 e. The van der Waals surface area contributed by atoms with E-state index < -0.39 is 59.0 Å². The predicted octanol–water partition coefficient (Wildman–Crippen LogP) is 3.04. The molecule has 0 bridgehead atoms. The van der Waals surface area contributed by atoms with Gasteiger partial charge in [-0.1, -0.05) is 12.1 Å². The quantitative estimate of drug-likeness (QED) is 0.267. The third kappa shape index (κ3) is 4.34. The molecule has 5 rings (SSSR count). The molecule has 0 aromatic heterocycles. The van der Waals surface area contributed by atoms with Crippen LogP contribution in [-0.4, -0.2) is 53.1 Å². The summed E-state index contributed by atoms with van der Waals surface area (Å²) >= 11 is 0. The van der Waals surface area contributed by atoms with Crippen molar-refractivity contribution in [2.24, 2.45) is 23.5 Å². The van der Waals surface area contributed by atoms with Crippen LogP contribution in [0.25, 0.3) is 16.9 Å². The van der Waals surface area contributed by atoms with Crippen LogP contribution in [0.5, 0.6) is 11.5 Å². The summed E-state index contributed by atoms with van der Waals surface area (Å²) in [5.41, 5.74) is 7.75. The number of Topliss-reactive ketones (excluding diaryl/α,β-unsaturated/α-hetero) is 2. The molecule has 1 amide bonds. The van der Waals surface area contributed by atoms with E-state index in [0.29, 0.717) is 35.4 Å². The second-order valence-electron chi connectivity index (χ2n) is 10.1. The Bertz CT molecular complexity index is 1460. The number of carbonyl (C=O) groups excluding carboxylic acids is 3. The number of alkyl halides is 1. The molecule has 9 nitrogen and oxygen atoms in total. The summed E-state index contributed by atoms with van der Waals surface area (Å²) in [6.45, 7) is 0.145. The minimum atomic E-state index is -1.17. The molecule has 10 heteroatoms. The number of carbonyl (C=O) groups is 3. The smallest absolute Gasteiger partial charge is 0.255 e. The van der Waals surface area contributed by atoms with E-state index >= 15 is 0 Å². The molecular formula is C29H29FN2O7. The van der Waals surface area contributed by atoms with E-state index in [-0.39, 0.29) is 36.3 Å². The third-order valence-electron chi connectivity index (χ3n) is 7.93. The molecule has 3 aliphatic carbocycles. The maximum atomic E-state index is 13.6. The van der Waals surface area contributed by atoms with Crippen LogP contribution < -0.4 is 15.8 Å². The molecule has 0 saturated heterocycles. The van der Waals surface area contributed by atoms with Gasteiger partial charge in [0.2, 0.25) is 0 Å². The normalized spacial score (nSPS) is 22.4. The van der Waals surface area contributed by atoms with E-state index in [1.807, 2.05) is 12.1 Å². The van der Waals surface area contributed by atoms with Gasteiger partial charge < -0.3 is 31.1 Å². The molecule has 2 aromatic carbocycles. The van der Waals surface area contributed by atoms with Gasteiger partial charge in [-0.2, -0.15) is 0 Å². The van der Waals surface area contributed by atoms with E-state index in [9.17, 15) is 34.1 Å². The number of halogens is 1. The summed E-state index contributed by atoms with van der Waals surface area (Å²) in [6, 6.07) is 8.68. The number of aliphatic hydroxyl groups excluding tert-OH is 2. The molecule has 1 fully saturated rings. The van der Waals surface area contributed by atoms with Crippen molar-refractivity contribution in [3.8, 4) is 22.6 Å². The Hall–Kier alpha value is -4.18. The molecule has 3 aliphatic rings. The molecule has 204 valence electrons. The number of ether oxygens (including phenoxy) is 1. The molecule has 2 aromatic rings. The van der Waals surface area contributed by atoms with Gasteiger partial charge in [-0.05, 0) is 59.6 Å². The van der Waals surface area contributed by atoms with Gasteiger partial charge in [0, 0.05) is 30.6 Å². The second kappa shape index (κ2) is 10.2.